The van der Waals surface area contributed by atoms with Crippen LogP contribution in [-0.4, -0.2) is 24.6 Å². The molecule has 6 heteroatoms. The number of rotatable bonds is 4. The van der Waals surface area contributed by atoms with E-state index in [0.717, 1.165) is 5.56 Å². The number of hydrogen-bond acceptors (Lipinski definition) is 3. The van der Waals surface area contributed by atoms with Crippen molar-refractivity contribution in [3.05, 3.63) is 87.6 Å². The second-order valence-corrected chi connectivity index (χ2v) is 7.15. The van der Waals surface area contributed by atoms with Crippen molar-refractivity contribution in [2.75, 3.05) is 5.75 Å². The van der Waals surface area contributed by atoms with Crippen LogP contribution in [0.4, 0.5) is 0 Å². The number of benzene rings is 2. The van der Waals surface area contributed by atoms with Gasteiger partial charge in [0, 0.05) is 27.8 Å². The van der Waals surface area contributed by atoms with Crippen molar-refractivity contribution in [1.29, 1.82) is 0 Å². The molecule has 2 radical (unpaired) electrons. The minimum atomic E-state index is -0.273. The molecule has 1 amide bonds. The lowest BCUT2D eigenvalue weighted by Crippen LogP contribution is -2.23. The second-order valence-electron chi connectivity index (χ2n) is 5.68. The van der Waals surface area contributed by atoms with Crippen LogP contribution in [0.3, 0.4) is 0 Å². The first kappa shape index (κ1) is 17.7. The number of carbonyl (C=O) groups is 1. The quantitative estimate of drug-likeness (QED) is 0.640. The smallest absolute Gasteiger partial charge is 0.256 e. The fourth-order valence-corrected chi connectivity index (χ4v) is 4.13. The maximum atomic E-state index is 12.5. The number of halogens is 1. The summed E-state index contributed by atoms with van der Waals surface area (Å²) in [5, 5.41) is 14.2. The fourth-order valence-electron chi connectivity index (χ4n) is 2.73. The average Bonchev–Trinajstić information content (AvgIpc) is 2.99. The van der Waals surface area contributed by atoms with E-state index in [9.17, 15) is 9.90 Å². The van der Waals surface area contributed by atoms with Crippen molar-refractivity contribution >= 4 is 42.6 Å². The summed E-state index contributed by atoms with van der Waals surface area (Å²) in [5.74, 6) is 0.317. The van der Waals surface area contributed by atoms with Gasteiger partial charge in [0.25, 0.3) is 5.91 Å². The molecule has 2 aromatic carbocycles. The maximum Gasteiger partial charge on any atom is 0.256 e. The van der Waals surface area contributed by atoms with E-state index in [1.165, 1.54) is 11.8 Å². The fraction of sp³-hybridized carbons (Fsp3) is 0.105. The van der Waals surface area contributed by atoms with Gasteiger partial charge in [0.15, 0.2) is 0 Å². The molecule has 3 nitrogen and oxygen atoms in total. The molecule has 0 saturated carbocycles. The number of carbonyl (C=O) groups excluding carboxylic acids is 1. The van der Waals surface area contributed by atoms with Crippen LogP contribution in [0.2, 0.25) is 5.02 Å². The average molecular weight is 368 g/mol. The third kappa shape index (κ3) is 3.94. The zero-order valence-corrected chi connectivity index (χ0v) is 14.9. The van der Waals surface area contributed by atoms with E-state index in [1.807, 2.05) is 24.3 Å². The van der Waals surface area contributed by atoms with Crippen LogP contribution >= 0.6 is 23.4 Å². The summed E-state index contributed by atoms with van der Waals surface area (Å²) in [4.78, 5) is 12.5. The van der Waals surface area contributed by atoms with E-state index in [2.05, 4.69) is 11.9 Å². The highest BCUT2D eigenvalue weighted by Crippen LogP contribution is 2.43. The lowest BCUT2D eigenvalue weighted by atomic mass is 9.92. The minimum absolute atomic E-state index is 0.0483. The molecule has 3 rings (SSSR count). The van der Waals surface area contributed by atoms with Crippen LogP contribution < -0.4 is 10.8 Å². The van der Waals surface area contributed by atoms with Crippen LogP contribution in [-0.2, 0) is 0 Å². The molecule has 2 aromatic rings. The molecule has 1 atom stereocenters. The number of amides is 1. The van der Waals surface area contributed by atoms with E-state index >= 15 is 0 Å². The monoisotopic (exact) mass is 367 g/mol. The predicted octanol–water partition coefficient (Wildman–Crippen LogP) is 3.68. The molecule has 1 aliphatic heterocycles. The van der Waals surface area contributed by atoms with Crippen LogP contribution in [0.5, 0.6) is 0 Å². The van der Waals surface area contributed by atoms with Gasteiger partial charge in [0.2, 0.25) is 0 Å². The zero-order chi connectivity index (χ0) is 18.0. The normalized spacial score (nSPS) is 16.8. The van der Waals surface area contributed by atoms with E-state index in [-0.39, 0.29) is 17.6 Å². The van der Waals surface area contributed by atoms with Crippen molar-refractivity contribution in [1.82, 2.24) is 5.32 Å². The SMILES string of the molecule is [B]c1cccc(C(=O)NC2=C(C(=C)O)C(c3ccc(Cl)cc3)CS2)c1. The van der Waals surface area contributed by atoms with Crippen LogP contribution in [0.15, 0.2) is 71.5 Å². The van der Waals surface area contributed by atoms with Crippen LogP contribution in [0.25, 0.3) is 0 Å². The van der Waals surface area contributed by atoms with Gasteiger partial charge in [0.05, 0.1) is 5.03 Å². The Bertz CT molecular complexity index is 864. The summed E-state index contributed by atoms with van der Waals surface area (Å²) < 4.78 is 0. The Kier molecular flexibility index (Phi) is 5.26. The van der Waals surface area contributed by atoms with Gasteiger partial charge in [-0.25, -0.2) is 0 Å². The summed E-state index contributed by atoms with van der Waals surface area (Å²) in [7, 11) is 5.73. The minimum Gasteiger partial charge on any atom is -0.508 e. The first-order valence-corrected chi connectivity index (χ1v) is 8.99. The maximum absolute atomic E-state index is 12.5. The Labute approximate surface area is 157 Å². The molecule has 0 fully saturated rings. The molecule has 0 saturated heterocycles. The molecule has 0 aromatic heterocycles. The highest BCUT2D eigenvalue weighted by Gasteiger charge is 2.30. The van der Waals surface area contributed by atoms with Crippen molar-refractivity contribution in [3.8, 4) is 0 Å². The van der Waals surface area contributed by atoms with Gasteiger partial charge in [-0.3, -0.25) is 4.79 Å². The molecular weight excluding hydrogens is 353 g/mol. The van der Waals surface area contributed by atoms with Crippen molar-refractivity contribution in [2.45, 2.75) is 5.92 Å². The lowest BCUT2D eigenvalue weighted by Gasteiger charge is -2.15. The van der Waals surface area contributed by atoms with Gasteiger partial charge < -0.3 is 10.4 Å². The van der Waals surface area contributed by atoms with E-state index in [1.54, 1.807) is 24.3 Å². The van der Waals surface area contributed by atoms with Gasteiger partial charge in [0.1, 0.15) is 13.6 Å². The summed E-state index contributed by atoms with van der Waals surface area (Å²) in [6.45, 7) is 3.66. The zero-order valence-electron chi connectivity index (χ0n) is 13.3. The van der Waals surface area contributed by atoms with E-state index in [0.29, 0.717) is 32.4 Å². The van der Waals surface area contributed by atoms with E-state index < -0.39 is 0 Å². The molecule has 0 spiro atoms. The molecule has 2 N–H and O–H groups in total. The number of aliphatic hydroxyl groups is 1. The Morgan fingerprint density at radius 1 is 1.28 bits per heavy atom. The third-order valence-corrected chi connectivity index (χ3v) is 5.31. The Balaban J connectivity index is 1.89. The molecule has 1 heterocycles. The molecular formula is C19H15BClNO2S. The van der Waals surface area contributed by atoms with Gasteiger partial charge in [-0.2, -0.15) is 0 Å². The molecule has 25 heavy (non-hydrogen) atoms. The number of nitrogens with one attached hydrogen (secondary N) is 1. The number of aliphatic hydroxyl groups excluding tert-OH is 1. The topological polar surface area (TPSA) is 49.3 Å². The predicted molar refractivity (Wildman–Crippen MR) is 105 cm³/mol. The summed E-state index contributed by atoms with van der Waals surface area (Å²) in [6, 6.07) is 14.2. The highest BCUT2D eigenvalue weighted by molar-refractivity contribution is 8.03. The van der Waals surface area contributed by atoms with E-state index in [4.69, 9.17) is 19.4 Å². The Hall–Kier alpha value is -2.11. The molecule has 1 aliphatic rings. The second kappa shape index (κ2) is 7.42. The number of hydrogen-bond donors (Lipinski definition) is 2. The molecule has 0 bridgehead atoms. The number of thioether (sulfide) groups is 1. The van der Waals surface area contributed by atoms with Gasteiger partial charge in [-0.05, 0) is 23.8 Å². The number of allylic oxidation sites excluding steroid dienone is 1. The van der Waals surface area contributed by atoms with Gasteiger partial charge in [-0.15, -0.1) is 11.8 Å². The molecule has 0 aliphatic carbocycles. The molecule has 124 valence electrons. The molecule has 1 unspecified atom stereocenters. The Morgan fingerprint density at radius 3 is 2.64 bits per heavy atom. The van der Waals surface area contributed by atoms with Crippen molar-refractivity contribution in [3.63, 3.8) is 0 Å². The van der Waals surface area contributed by atoms with Crippen LogP contribution in [0.1, 0.15) is 21.8 Å². The standard InChI is InChI=1S/C19H15BClNO2S/c1-11(23)17-16(12-5-7-15(21)8-6-12)10-25-19(17)22-18(24)13-3-2-4-14(20)9-13/h2-9,16,23H,1,10H2,(H,22,24). The van der Waals surface area contributed by atoms with Crippen LogP contribution in [0, 0.1) is 0 Å². The van der Waals surface area contributed by atoms with Gasteiger partial charge in [-0.1, -0.05) is 54.0 Å². The first-order valence-electron chi connectivity index (χ1n) is 7.63. The highest BCUT2D eigenvalue weighted by atomic mass is 35.5. The first-order chi connectivity index (χ1) is 12.0. The van der Waals surface area contributed by atoms with Gasteiger partial charge >= 0.3 is 0 Å². The van der Waals surface area contributed by atoms with Crippen molar-refractivity contribution in [2.24, 2.45) is 0 Å². The summed E-state index contributed by atoms with van der Waals surface area (Å²) >= 11 is 7.42. The van der Waals surface area contributed by atoms with Crippen molar-refractivity contribution < 1.29 is 9.90 Å². The summed E-state index contributed by atoms with van der Waals surface area (Å²) in [6.07, 6.45) is 0. The lowest BCUT2D eigenvalue weighted by molar-refractivity contribution is 0.0968. The third-order valence-electron chi connectivity index (χ3n) is 3.95. The summed E-state index contributed by atoms with van der Waals surface area (Å²) in [5.41, 5.74) is 2.62. The Morgan fingerprint density at radius 2 is 2.00 bits per heavy atom. The largest absolute Gasteiger partial charge is 0.508 e.